The van der Waals surface area contributed by atoms with Gasteiger partial charge in [-0.15, -0.1) is 0 Å². The van der Waals surface area contributed by atoms with E-state index in [1.165, 1.54) is 15.5 Å². The van der Waals surface area contributed by atoms with E-state index < -0.39 is 31.1 Å². The Hall–Kier alpha value is -1.81. The summed E-state index contributed by atoms with van der Waals surface area (Å²) in [5, 5.41) is 29.0. The molecule has 2 aromatic heterocycles. The number of rotatable bonds is 2. The molecule has 0 spiro atoms. The minimum Gasteiger partial charge on any atom is -0.394 e. The number of ether oxygens (including phenoxy) is 1. The third-order valence-corrected chi connectivity index (χ3v) is 3.77. The van der Waals surface area contributed by atoms with Gasteiger partial charge >= 0.3 is 5.65 Å². The normalized spacial score (nSPS) is 29.4. The van der Waals surface area contributed by atoms with Crippen molar-refractivity contribution in [2.75, 3.05) is 6.61 Å². The Morgan fingerprint density at radius 1 is 1.33 bits per heavy atom. The molecule has 0 aliphatic carbocycles. The number of aliphatic hydroxyl groups excluding tert-OH is 3. The van der Waals surface area contributed by atoms with Crippen LogP contribution in [0.1, 0.15) is 6.23 Å². The molecule has 0 bridgehead atoms. The van der Waals surface area contributed by atoms with Crippen LogP contribution in [0.5, 0.6) is 0 Å². The Labute approximate surface area is 119 Å². The average molecular weight is 297 g/mol. The van der Waals surface area contributed by atoms with Crippen molar-refractivity contribution in [1.82, 2.24) is 14.1 Å². The maximum atomic E-state index is 12.1. The van der Waals surface area contributed by atoms with Crippen LogP contribution in [0.25, 0.3) is 11.2 Å². The maximum Gasteiger partial charge on any atom is 0.311 e. The number of aryl methyl sites for hydroxylation is 2. The highest BCUT2D eigenvalue weighted by Gasteiger charge is 2.46. The van der Waals surface area contributed by atoms with Gasteiger partial charge in [-0.25, -0.2) is 4.57 Å². The molecule has 2 aromatic rings. The fourth-order valence-electron chi connectivity index (χ4n) is 2.61. The summed E-state index contributed by atoms with van der Waals surface area (Å²) in [7, 11) is 3.28. The lowest BCUT2D eigenvalue weighted by Gasteiger charge is -2.11. The second-order valence-corrected chi connectivity index (χ2v) is 5.20. The Morgan fingerprint density at radius 2 is 2.05 bits per heavy atom. The second kappa shape index (κ2) is 4.88. The molecule has 0 radical (unpaired) electrons. The van der Waals surface area contributed by atoms with Gasteiger partial charge in [-0.1, -0.05) is 4.98 Å². The van der Waals surface area contributed by atoms with E-state index in [0.29, 0.717) is 11.2 Å². The lowest BCUT2D eigenvalue weighted by molar-refractivity contribution is -0.746. The summed E-state index contributed by atoms with van der Waals surface area (Å²) in [4.78, 5) is 16.3. The lowest BCUT2D eigenvalue weighted by Crippen LogP contribution is -2.46. The molecule has 1 fully saturated rings. The first-order valence-electron chi connectivity index (χ1n) is 6.50. The summed E-state index contributed by atoms with van der Waals surface area (Å²) in [5.74, 6) is 0. The van der Waals surface area contributed by atoms with Crippen molar-refractivity contribution in [3.8, 4) is 0 Å². The number of hydrogen-bond acceptors (Lipinski definition) is 6. The first kappa shape index (κ1) is 14.1. The monoisotopic (exact) mass is 297 g/mol. The highest BCUT2D eigenvalue weighted by molar-refractivity contribution is 5.65. The van der Waals surface area contributed by atoms with Gasteiger partial charge in [0.15, 0.2) is 12.7 Å². The summed E-state index contributed by atoms with van der Waals surface area (Å²) < 4.78 is 9.88. The molecule has 114 valence electrons. The van der Waals surface area contributed by atoms with Crippen LogP contribution in [-0.2, 0) is 18.8 Å². The highest BCUT2D eigenvalue weighted by atomic mass is 16.6. The molecule has 4 atom stereocenters. The first-order valence-corrected chi connectivity index (χ1v) is 6.50. The van der Waals surface area contributed by atoms with Crippen LogP contribution >= 0.6 is 0 Å². The van der Waals surface area contributed by atoms with Gasteiger partial charge in [0.1, 0.15) is 18.3 Å². The van der Waals surface area contributed by atoms with E-state index in [2.05, 4.69) is 4.98 Å². The number of aromatic nitrogens is 4. The van der Waals surface area contributed by atoms with Gasteiger partial charge in [0, 0.05) is 7.05 Å². The number of fused-ring (bicyclic) bond motifs is 1. The van der Waals surface area contributed by atoms with E-state index in [-0.39, 0.29) is 5.56 Å². The summed E-state index contributed by atoms with van der Waals surface area (Å²) in [6.07, 6.45) is -1.26. The highest BCUT2D eigenvalue weighted by Crippen LogP contribution is 2.26. The van der Waals surface area contributed by atoms with Crippen LogP contribution < -0.4 is 10.1 Å². The maximum absolute atomic E-state index is 12.1. The zero-order valence-corrected chi connectivity index (χ0v) is 11.6. The molecule has 0 saturated carbocycles. The van der Waals surface area contributed by atoms with Crippen LogP contribution in [0.15, 0.2) is 17.4 Å². The number of nitrogens with zero attached hydrogens (tertiary/aromatic N) is 4. The molecular weight excluding hydrogens is 280 g/mol. The Kier molecular flexibility index (Phi) is 3.29. The van der Waals surface area contributed by atoms with E-state index in [4.69, 9.17) is 9.84 Å². The summed E-state index contributed by atoms with van der Waals surface area (Å²) >= 11 is 0. The summed E-state index contributed by atoms with van der Waals surface area (Å²) in [6, 6.07) is 0. The second-order valence-electron chi connectivity index (χ2n) is 5.20. The fourth-order valence-corrected chi connectivity index (χ4v) is 2.61. The van der Waals surface area contributed by atoms with E-state index >= 15 is 0 Å². The zero-order chi connectivity index (χ0) is 15.3. The zero-order valence-electron chi connectivity index (χ0n) is 11.6. The third-order valence-electron chi connectivity index (χ3n) is 3.77. The molecule has 9 nitrogen and oxygen atoms in total. The quantitative estimate of drug-likeness (QED) is 0.515. The van der Waals surface area contributed by atoms with Crippen molar-refractivity contribution in [2.45, 2.75) is 24.5 Å². The third kappa shape index (κ3) is 1.97. The standard InChI is InChI=1S/C12H17N4O5/c1-14-4-13-10-7(11(14)20)15(2)5-16(10)12-9(19)8(18)6(3-17)21-12/h4-6,8-9,12,17-19H,3H2,1-2H3/q+1/t6-,8-,9-,12-/m1/s1. The molecule has 3 heterocycles. The number of aliphatic hydroxyl groups is 3. The van der Waals surface area contributed by atoms with Gasteiger partial charge in [0.2, 0.25) is 11.7 Å². The van der Waals surface area contributed by atoms with Crippen molar-refractivity contribution >= 4 is 11.2 Å². The Morgan fingerprint density at radius 3 is 2.67 bits per heavy atom. The molecule has 0 amide bonds. The van der Waals surface area contributed by atoms with Crippen LogP contribution in [-0.4, -0.2) is 54.4 Å². The van der Waals surface area contributed by atoms with Gasteiger partial charge in [0.05, 0.1) is 13.7 Å². The van der Waals surface area contributed by atoms with Crippen LogP contribution in [0.3, 0.4) is 0 Å². The van der Waals surface area contributed by atoms with Crippen molar-refractivity contribution in [2.24, 2.45) is 14.1 Å². The molecule has 0 unspecified atom stereocenters. The van der Waals surface area contributed by atoms with Gasteiger partial charge in [-0.05, 0) is 0 Å². The topological polar surface area (TPSA) is 114 Å². The van der Waals surface area contributed by atoms with Crippen molar-refractivity contribution in [1.29, 1.82) is 0 Å². The molecule has 21 heavy (non-hydrogen) atoms. The molecule has 3 N–H and O–H groups in total. The largest absolute Gasteiger partial charge is 0.394 e. The molecule has 0 aromatic carbocycles. The number of imidazole rings is 1. The minimum atomic E-state index is -1.22. The summed E-state index contributed by atoms with van der Waals surface area (Å²) in [6.45, 7) is -0.407. The van der Waals surface area contributed by atoms with Gasteiger partial charge in [-0.2, -0.15) is 0 Å². The van der Waals surface area contributed by atoms with Gasteiger partial charge in [-0.3, -0.25) is 13.9 Å². The predicted molar refractivity (Wildman–Crippen MR) is 69.2 cm³/mol. The molecule has 1 saturated heterocycles. The van der Waals surface area contributed by atoms with Gasteiger partial charge < -0.3 is 20.1 Å². The van der Waals surface area contributed by atoms with E-state index in [9.17, 15) is 15.0 Å². The van der Waals surface area contributed by atoms with Crippen molar-refractivity contribution in [3.63, 3.8) is 0 Å². The predicted octanol–water partition coefficient (Wildman–Crippen LogP) is -2.83. The average Bonchev–Trinajstić information content (AvgIpc) is 2.94. The van der Waals surface area contributed by atoms with E-state index in [1.54, 1.807) is 25.0 Å². The van der Waals surface area contributed by atoms with Crippen LogP contribution in [0.2, 0.25) is 0 Å². The minimum absolute atomic E-state index is 0.229. The van der Waals surface area contributed by atoms with Crippen LogP contribution in [0.4, 0.5) is 0 Å². The van der Waals surface area contributed by atoms with E-state index in [1.807, 2.05) is 0 Å². The molecule has 3 rings (SSSR count). The van der Waals surface area contributed by atoms with Gasteiger partial charge in [0.25, 0.3) is 5.56 Å². The molecule has 9 heteroatoms. The lowest BCUT2D eigenvalue weighted by atomic mass is 10.1. The Balaban J connectivity index is 2.14. The smallest absolute Gasteiger partial charge is 0.311 e. The molecule has 1 aliphatic rings. The molecular formula is C12H17N4O5+. The van der Waals surface area contributed by atoms with Crippen molar-refractivity contribution < 1.29 is 24.6 Å². The Bertz CT molecular complexity index is 739. The number of hydrogen-bond donors (Lipinski definition) is 3. The SMILES string of the molecule is Cn1cnc2c(c1=O)n(C)c[n+]2[C@@H]1O[C@H](CO)[C@@H](O)[C@H]1O. The molecule has 1 aliphatic heterocycles. The van der Waals surface area contributed by atoms with Crippen molar-refractivity contribution in [3.05, 3.63) is 23.0 Å². The van der Waals surface area contributed by atoms with Crippen LogP contribution in [0, 0.1) is 0 Å². The van der Waals surface area contributed by atoms with E-state index in [0.717, 1.165) is 0 Å². The fraction of sp³-hybridized carbons (Fsp3) is 0.583. The summed E-state index contributed by atoms with van der Waals surface area (Å²) in [5.41, 5.74) is 0.473. The first-order chi connectivity index (χ1) is 9.95.